The Balaban J connectivity index is 0.000000198. The second-order valence-corrected chi connectivity index (χ2v) is 15.5. The summed E-state index contributed by atoms with van der Waals surface area (Å²) in [5.41, 5.74) is 8.71. The number of allylic oxidation sites excluding steroid dienone is 2. The monoisotopic (exact) mass is 924 g/mol. The van der Waals surface area contributed by atoms with Crippen molar-refractivity contribution in [3.63, 3.8) is 0 Å². The van der Waals surface area contributed by atoms with E-state index in [1.54, 1.807) is 85.3 Å². The van der Waals surface area contributed by atoms with Gasteiger partial charge in [-0.1, -0.05) is 70.7 Å². The minimum atomic E-state index is -0.959. The van der Waals surface area contributed by atoms with Gasteiger partial charge in [0.15, 0.2) is 11.5 Å². The predicted octanol–water partition coefficient (Wildman–Crippen LogP) is 11.4. The molecule has 0 spiro atoms. The summed E-state index contributed by atoms with van der Waals surface area (Å²) < 4.78 is 37.8. The quantitative estimate of drug-likeness (QED) is 0.0369. The predicted molar refractivity (Wildman–Crippen MR) is 239 cm³/mol. The highest BCUT2D eigenvalue weighted by Crippen LogP contribution is 2.38. The Morgan fingerprint density at radius 2 is 1.34 bits per heavy atom. The molecule has 5 aromatic rings. The number of nitrogen functional groups attached to an aromatic ring is 1. The fourth-order valence-electron chi connectivity index (χ4n) is 6.76. The maximum absolute atomic E-state index is 13.3. The number of esters is 2. The molecule has 1 atom stereocenters. The van der Waals surface area contributed by atoms with Crippen molar-refractivity contribution in [2.24, 2.45) is 11.8 Å². The number of anilines is 1. The van der Waals surface area contributed by atoms with Gasteiger partial charge in [-0.15, -0.1) is 0 Å². The summed E-state index contributed by atoms with van der Waals surface area (Å²) in [4.78, 5) is 48.4. The number of aromatic nitrogens is 2. The van der Waals surface area contributed by atoms with Crippen LogP contribution >= 0.6 is 46.4 Å². The van der Waals surface area contributed by atoms with E-state index < -0.39 is 23.6 Å². The molecule has 1 fully saturated rings. The van der Waals surface area contributed by atoms with Gasteiger partial charge in [0.25, 0.3) is 5.78 Å². The third-order valence-corrected chi connectivity index (χ3v) is 10.7. The first-order valence-corrected chi connectivity index (χ1v) is 21.1. The lowest BCUT2D eigenvalue weighted by Gasteiger charge is -2.21. The first-order chi connectivity index (χ1) is 29.7. The fourth-order valence-corrected chi connectivity index (χ4v) is 7.71. The average molecular weight is 927 g/mol. The zero-order valence-electron chi connectivity index (χ0n) is 33.7. The second kappa shape index (κ2) is 22.6. The van der Waals surface area contributed by atoms with Crippen molar-refractivity contribution in [3.8, 4) is 5.69 Å². The highest BCUT2D eigenvalue weighted by molar-refractivity contribution is 6.40. The van der Waals surface area contributed by atoms with E-state index in [1.807, 2.05) is 6.08 Å². The lowest BCUT2D eigenvalue weighted by Crippen LogP contribution is -2.34. The molecule has 16 heteroatoms. The zero-order chi connectivity index (χ0) is 44.9. The van der Waals surface area contributed by atoms with Crippen LogP contribution in [-0.4, -0.2) is 46.5 Å². The number of nitrogens with two attached hydrogens (primary N) is 1. The molecule has 0 bridgehead atoms. The molecule has 4 aromatic carbocycles. The Labute approximate surface area is 377 Å². The van der Waals surface area contributed by atoms with Crippen LogP contribution in [0.2, 0.25) is 20.1 Å². The number of hydrazine groups is 1. The molecule has 0 amide bonds. The minimum absolute atomic E-state index is 0.101. The molecule has 2 aliphatic carbocycles. The Bertz CT molecular complexity index is 2490. The third kappa shape index (κ3) is 12.4. The molecular weight excluding hydrogens is 884 g/mol. The molecule has 0 aliphatic heterocycles. The van der Waals surface area contributed by atoms with Crippen molar-refractivity contribution in [3.05, 3.63) is 150 Å². The lowest BCUT2D eigenvalue weighted by molar-refractivity contribution is -0.156. The van der Waals surface area contributed by atoms with Crippen LogP contribution in [0.5, 0.6) is 0 Å². The SMILES string of the molecule is CCOC(=O)C(=O)C1CCC/C(=C\c2ccc(F)cc2)C1=O.CCOC(=O)c1nn(-c2ccc(Cl)cc2Cl)c2c1CCC/C2=C\c1ccc(F)cc1.NNc1ccc(Cl)cc1Cl. The van der Waals surface area contributed by atoms with E-state index in [9.17, 15) is 28.0 Å². The number of rotatable bonds is 9. The summed E-state index contributed by atoms with van der Waals surface area (Å²) in [7, 11) is 0. The second-order valence-electron chi connectivity index (χ2n) is 13.9. The number of carbonyl (C=O) groups is 4. The summed E-state index contributed by atoms with van der Waals surface area (Å²) in [6, 6.07) is 22.2. The Kier molecular flexibility index (Phi) is 17.4. The molecule has 7 rings (SSSR count). The summed E-state index contributed by atoms with van der Waals surface area (Å²) in [6.45, 7) is 3.73. The van der Waals surface area contributed by atoms with Gasteiger partial charge in [0, 0.05) is 15.6 Å². The molecule has 1 heterocycles. The Morgan fingerprint density at radius 3 is 1.90 bits per heavy atom. The summed E-state index contributed by atoms with van der Waals surface area (Å²) in [5.74, 6) is 0.990. The topological polar surface area (TPSA) is 143 Å². The number of nitrogens with zero attached hydrogens (tertiary/aromatic N) is 2. The van der Waals surface area contributed by atoms with Gasteiger partial charge in [0.05, 0.1) is 46.2 Å². The van der Waals surface area contributed by atoms with E-state index in [0.717, 1.165) is 35.2 Å². The van der Waals surface area contributed by atoms with Crippen molar-refractivity contribution in [2.45, 2.75) is 52.4 Å². The first-order valence-electron chi connectivity index (χ1n) is 19.6. The highest BCUT2D eigenvalue weighted by atomic mass is 35.5. The average Bonchev–Trinajstić information content (AvgIpc) is 3.64. The first kappa shape index (κ1) is 47.7. The van der Waals surface area contributed by atoms with E-state index in [4.69, 9.17) is 57.0 Å². The normalized spacial score (nSPS) is 15.7. The molecule has 3 N–H and O–H groups in total. The van der Waals surface area contributed by atoms with Crippen LogP contribution in [0.4, 0.5) is 14.5 Å². The largest absolute Gasteiger partial charge is 0.461 e. The summed E-state index contributed by atoms with van der Waals surface area (Å²) in [5, 5.41) is 6.65. The number of hydrogen-bond donors (Lipinski definition) is 2. The van der Waals surface area contributed by atoms with Crippen molar-refractivity contribution < 1.29 is 37.4 Å². The molecule has 1 unspecified atom stereocenters. The van der Waals surface area contributed by atoms with Crippen LogP contribution in [-0.2, 0) is 30.3 Å². The number of carbonyl (C=O) groups excluding carboxylic acids is 4. The van der Waals surface area contributed by atoms with Gasteiger partial charge in [-0.3, -0.25) is 15.4 Å². The molecule has 2 aliphatic rings. The number of nitrogens with one attached hydrogen (secondary N) is 1. The molecule has 10 nitrogen and oxygen atoms in total. The highest BCUT2D eigenvalue weighted by Gasteiger charge is 2.36. The van der Waals surface area contributed by atoms with Gasteiger partial charge < -0.3 is 14.9 Å². The molecular formula is C46H42Cl4F2N4O6. The lowest BCUT2D eigenvalue weighted by atomic mass is 9.81. The molecule has 1 aromatic heterocycles. The molecule has 324 valence electrons. The maximum Gasteiger partial charge on any atom is 0.375 e. The molecule has 62 heavy (non-hydrogen) atoms. The molecule has 1 saturated carbocycles. The van der Waals surface area contributed by atoms with Crippen LogP contribution < -0.4 is 11.3 Å². The van der Waals surface area contributed by atoms with E-state index in [0.29, 0.717) is 74.0 Å². The summed E-state index contributed by atoms with van der Waals surface area (Å²) >= 11 is 23.8. The van der Waals surface area contributed by atoms with Gasteiger partial charge in [0.2, 0.25) is 0 Å². The fraction of sp³-hybridized carbons (Fsp3) is 0.239. The van der Waals surface area contributed by atoms with Gasteiger partial charge >= 0.3 is 11.9 Å². The van der Waals surface area contributed by atoms with E-state index in [-0.39, 0.29) is 30.6 Å². The summed E-state index contributed by atoms with van der Waals surface area (Å²) in [6.07, 6.45) is 7.56. The van der Waals surface area contributed by atoms with Crippen molar-refractivity contribution in [1.82, 2.24) is 9.78 Å². The van der Waals surface area contributed by atoms with E-state index >= 15 is 0 Å². The number of fused-ring (bicyclic) bond motifs is 1. The van der Waals surface area contributed by atoms with E-state index in [1.165, 1.54) is 24.3 Å². The number of ether oxygens (including phenoxy) is 2. The van der Waals surface area contributed by atoms with Gasteiger partial charge in [-0.25, -0.2) is 23.1 Å². The molecule has 0 radical (unpaired) electrons. The Morgan fingerprint density at radius 1 is 0.774 bits per heavy atom. The minimum Gasteiger partial charge on any atom is -0.461 e. The number of benzene rings is 4. The Hall–Kier alpha value is -5.37. The number of ketones is 2. The van der Waals surface area contributed by atoms with Crippen LogP contribution in [0.25, 0.3) is 23.4 Å². The van der Waals surface area contributed by atoms with Gasteiger partial charge in [-0.2, -0.15) is 5.10 Å². The third-order valence-electron chi connectivity index (χ3n) is 9.64. The maximum atomic E-state index is 13.3. The van der Waals surface area contributed by atoms with Gasteiger partial charge in [-0.05, 0) is 147 Å². The van der Waals surface area contributed by atoms with Gasteiger partial charge in [0.1, 0.15) is 11.6 Å². The van der Waals surface area contributed by atoms with Crippen molar-refractivity contribution in [1.29, 1.82) is 0 Å². The smallest absolute Gasteiger partial charge is 0.375 e. The number of halogens is 6. The zero-order valence-corrected chi connectivity index (χ0v) is 36.7. The van der Waals surface area contributed by atoms with Crippen molar-refractivity contribution >= 4 is 93.3 Å². The standard InChI is InChI=1S/C23H19Cl2FN2O2.C17H17FO4.C6H6Cl2N2/c1-2-30-23(29)21-18-5-3-4-15(12-14-6-9-17(26)10-7-14)22(18)28(27-21)20-11-8-16(24)13-19(20)25;1-2-22-17(21)16(20)14-5-3-4-12(15(14)19)10-11-6-8-13(18)9-7-11;7-4-1-2-6(10-9)5(8)3-4/h6-13H,2-5H2,1H3;6-10,14H,2-5H2,1H3;1-3,10H,9H2/b15-12+;12-10+;. The number of Topliss-reactive ketones (excluding diaryl/α,β-unsaturated/α-hetero) is 2. The van der Waals surface area contributed by atoms with Crippen molar-refractivity contribution in [2.75, 3.05) is 18.6 Å². The molecule has 0 saturated heterocycles. The van der Waals surface area contributed by atoms with Crippen LogP contribution in [0.3, 0.4) is 0 Å². The van der Waals surface area contributed by atoms with Crippen LogP contribution in [0.1, 0.15) is 78.8 Å². The number of hydrogen-bond acceptors (Lipinski definition) is 9. The van der Waals surface area contributed by atoms with Crippen LogP contribution in [0.15, 0.2) is 90.5 Å². The van der Waals surface area contributed by atoms with E-state index in [2.05, 4.69) is 15.3 Å². The van der Waals surface area contributed by atoms with Crippen LogP contribution in [0, 0.1) is 17.6 Å².